The first-order valence-electron chi connectivity index (χ1n) is 6.36. The molecule has 0 saturated carbocycles. The van der Waals surface area contributed by atoms with Gasteiger partial charge in [-0.25, -0.2) is 0 Å². The van der Waals surface area contributed by atoms with Crippen molar-refractivity contribution in [2.45, 2.75) is 25.8 Å². The Labute approximate surface area is 118 Å². The molecule has 102 valence electrons. The van der Waals surface area contributed by atoms with Gasteiger partial charge in [-0.3, -0.25) is 11.3 Å². The van der Waals surface area contributed by atoms with Gasteiger partial charge in [0.2, 0.25) is 0 Å². The molecular weight excluding hydrogens is 256 g/mol. The first-order chi connectivity index (χ1) is 9.24. The monoisotopic (exact) mass is 276 g/mol. The van der Waals surface area contributed by atoms with E-state index in [0.29, 0.717) is 0 Å². The second kappa shape index (κ2) is 6.70. The molecule has 0 radical (unpaired) electrons. The van der Waals surface area contributed by atoms with Crippen LogP contribution >= 0.6 is 11.3 Å². The lowest BCUT2D eigenvalue weighted by Gasteiger charge is -2.19. The molecule has 0 aliphatic heterocycles. The highest BCUT2D eigenvalue weighted by atomic mass is 32.1. The average molecular weight is 276 g/mol. The molecule has 0 saturated heterocycles. The van der Waals surface area contributed by atoms with Crippen molar-refractivity contribution < 1.29 is 4.74 Å². The van der Waals surface area contributed by atoms with Crippen molar-refractivity contribution in [2.75, 3.05) is 7.11 Å². The summed E-state index contributed by atoms with van der Waals surface area (Å²) in [7, 11) is 1.70. The number of benzene rings is 1. The van der Waals surface area contributed by atoms with E-state index in [2.05, 4.69) is 41.3 Å². The van der Waals surface area contributed by atoms with Crippen LogP contribution in [-0.4, -0.2) is 7.11 Å². The van der Waals surface area contributed by atoms with Gasteiger partial charge in [0.05, 0.1) is 7.11 Å². The van der Waals surface area contributed by atoms with Crippen LogP contribution in [-0.2, 0) is 6.42 Å². The molecule has 3 N–H and O–H groups in total. The average Bonchev–Trinajstić information content (AvgIpc) is 2.93. The molecule has 1 aromatic carbocycles. The number of ether oxygens (including phenoxy) is 1. The molecule has 1 aromatic heterocycles. The standard InChI is InChI=1S/C15H20N2OS/c1-11-3-6-15(18-2)13(9-11)14(17-16)5-4-12-7-8-19-10-12/h3,6-10,14,17H,4-5,16H2,1-2H3. The third-order valence-electron chi connectivity index (χ3n) is 3.26. The van der Waals surface area contributed by atoms with Gasteiger partial charge in [0, 0.05) is 11.6 Å². The third kappa shape index (κ3) is 3.56. The predicted molar refractivity (Wildman–Crippen MR) is 80.4 cm³/mol. The molecule has 2 rings (SSSR count). The second-order valence-corrected chi connectivity index (χ2v) is 5.41. The van der Waals surface area contributed by atoms with Gasteiger partial charge in [0.25, 0.3) is 0 Å². The summed E-state index contributed by atoms with van der Waals surface area (Å²) < 4.78 is 5.43. The van der Waals surface area contributed by atoms with Crippen molar-refractivity contribution in [2.24, 2.45) is 5.84 Å². The number of nitrogens with two attached hydrogens (primary N) is 1. The molecule has 2 aromatic rings. The summed E-state index contributed by atoms with van der Waals surface area (Å²) in [6.07, 6.45) is 1.96. The molecule has 0 spiro atoms. The minimum atomic E-state index is 0.106. The van der Waals surface area contributed by atoms with E-state index in [-0.39, 0.29) is 6.04 Å². The van der Waals surface area contributed by atoms with E-state index < -0.39 is 0 Å². The van der Waals surface area contributed by atoms with Gasteiger partial charge in [-0.1, -0.05) is 17.7 Å². The number of thiophene rings is 1. The number of rotatable bonds is 6. The predicted octanol–water partition coefficient (Wildman–Crippen LogP) is 3.20. The lowest BCUT2D eigenvalue weighted by Crippen LogP contribution is -2.28. The maximum Gasteiger partial charge on any atom is 0.123 e. The molecule has 4 heteroatoms. The van der Waals surface area contributed by atoms with Crippen molar-refractivity contribution in [3.63, 3.8) is 0 Å². The van der Waals surface area contributed by atoms with E-state index in [4.69, 9.17) is 10.6 Å². The Morgan fingerprint density at radius 1 is 1.37 bits per heavy atom. The van der Waals surface area contributed by atoms with Crippen LogP contribution in [0.2, 0.25) is 0 Å². The van der Waals surface area contributed by atoms with Crippen molar-refractivity contribution in [3.8, 4) is 5.75 Å². The van der Waals surface area contributed by atoms with E-state index >= 15 is 0 Å². The fourth-order valence-electron chi connectivity index (χ4n) is 2.20. The molecule has 0 amide bonds. The molecular formula is C15H20N2OS. The number of nitrogens with one attached hydrogen (secondary N) is 1. The summed E-state index contributed by atoms with van der Waals surface area (Å²) in [5.74, 6) is 6.60. The van der Waals surface area contributed by atoms with Crippen LogP contribution in [0, 0.1) is 6.92 Å². The van der Waals surface area contributed by atoms with Crippen LogP contribution in [0.1, 0.15) is 29.2 Å². The van der Waals surface area contributed by atoms with Gasteiger partial charge in [0.1, 0.15) is 5.75 Å². The molecule has 0 aliphatic carbocycles. The molecule has 3 nitrogen and oxygen atoms in total. The number of methoxy groups -OCH3 is 1. The SMILES string of the molecule is COc1ccc(C)cc1C(CCc1ccsc1)NN. The second-order valence-electron chi connectivity index (χ2n) is 4.63. The van der Waals surface area contributed by atoms with E-state index in [1.165, 1.54) is 11.1 Å². The van der Waals surface area contributed by atoms with Crippen LogP contribution < -0.4 is 16.0 Å². The highest BCUT2D eigenvalue weighted by Crippen LogP contribution is 2.29. The largest absolute Gasteiger partial charge is 0.496 e. The minimum absolute atomic E-state index is 0.106. The highest BCUT2D eigenvalue weighted by Gasteiger charge is 2.15. The molecule has 1 unspecified atom stereocenters. The van der Waals surface area contributed by atoms with Crippen molar-refractivity contribution in [1.82, 2.24) is 5.43 Å². The molecule has 0 bridgehead atoms. The molecule has 1 atom stereocenters. The zero-order valence-corrected chi connectivity index (χ0v) is 12.2. The molecule has 0 fully saturated rings. The Morgan fingerprint density at radius 3 is 2.84 bits per heavy atom. The third-order valence-corrected chi connectivity index (χ3v) is 4.00. The van der Waals surface area contributed by atoms with Crippen LogP contribution in [0.3, 0.4) is 0 Å². The van der Waals surface area contributed by atoms with Gasteiger partial charge in [0.15, 0.2) is 0 Å². The van der Waals surface area contributed by atoms with E-state index in [9.17, 15) is 0 Å². The molecule has 1 heterocycles. The summed E-state index contributed by atoms with van der Waals surface area (Å²) in [5, 5.41) is 4.29. The van der Waals surface area contributed by atoms with Crippen LogP contribution in [0.4, 0.5) is 0 Å². The van der Waals surface area contributed by atoms with E-state index in [1.807, 2.05) is 6.07 Å². The topological polar surface area (TPSA) is 47.3 Å². The summed E-state index contributed by atoms with van der Waals surface area (Å²) in [5.41, 5.74) is 6.60. The zero-order chi connectivity index (χ0) is 13.7. The lowest BCUT2D eigenvalue weighted by molar-refractivity contribution is 0.396. The maximum absolute atomic E-state index is 5.71. The summed E-state index contributed by atoms with van der Waals surface area (Å²) in [6, 6.07) is 8.45. The van der Waals surface area contributed by atoms with Crippen molar-refractivity contribution >= 4 is 11.3 Å². The Kier molecular flexibility index (Phi) is 4.96. The smallest absolute Gasteiger partial charge is 0.123 e. The normalized spacial score (nSPS) is 12.4. The van der Waals surface area contributed by atoms with Gasteiger partial charge >= 0.3 is 0 Å². The number of hydrogen-bond acceptors (Lipinski definition) is 4. The van der Waals surface area contributed by atoms with Crippen molar-refractivity contribution in [1.29, 1.82) is 0 Å². The van der Waals surface area contributed by atoms with Gasteiger partial charge in [-0.2, -0.15) is 11.3 Å². The van der Waals surface area contributed by atoms with Crippen LogP contribution in [0.5, 0.6) is 5.75 Å². The van der Waals surface area contributed by atoms with E-state index in [1.54, 1.807) is 18.4 Å². The van der Waals surface area contributed by atoms with Gasteiger partial charge in [-0.15, -0.1) is 0 Å². The number of hydrazine groups is 1. The first-order valence-corrected chi connectivity index (χ1v) is 7.30. The fourth-order valence-corrected chi connectivity index (χ4v) is 2.90. The maximum atomic E-state index is 5.71. The van der Waals surface area contributed by atoms with Gasteiger partial charge < -0.3 is 4.74 Å². The fraction of sp³-hybridized carbons (Fsp3) is 0.333. The summed E-state index contributed by atoms with van der Waals surface area (Å²) >= 11 is 1.73. The van der Waals surface area contributed by atoms with Gasteiger partial charge in [-0.05, 0) is 48.2 Å². The zero-order valence-electron chi connectivity index (χ0n) is 11.3. The quantitative estimate of drug-likeness (QED) is 0.629. The summed E-state index contributed by atoms with van der Waals surface area (Å²) in [6.45, 7) is 2.08. The Balaban J connectivity index is 2.14. The highest BCUT2D eigenvalue weighted by molar-refractivity contribution is 7.07. The minimum Gasteiger partial charge on any atom is -0.496 e. The molecule has 19 heavy (non-hydrogen) atoms. The van der Waals surface area contributed by atoms with Crippen LogP contribution in [0.15, 0.2) is 35.0 Å². The van der Waals surface area contributed by atoms with Crippen LogP contribution in [0.25, 0.3) is 0 Å². The first kappa shape index (κ1) is 14.1. The summed E-state index contributed by atoms with van der Waals surface area (Å²) in [4.78, 5) is 0. The van der Waals surface area contributed by atoms with E-state index in [0.717, 1.165) is 24.2 Å². The Hall–Kier alpha value is -1.36. The lowest BCUT2D eigenvalue weighted by atomic mass is 9.98. The van der Waals surface area contributed by atoms with Crippen molar-refractivity contribution in [3.05, 3.63) is 51.7 Å². The number of aryl methyl sites for hydroxylation is 2. The Morgan fingerprint density at radius 2 is 2.21 bits per heavy atom. The molecule has 0 aliphatic rings. The Bertz CT molecular complexity index is 511. The number of hydrogen-bond donors (Lipinski definition) is 2.